The van der Waals surface area contributed by atoms with Crippen molar-refractivity contribution in [3.8, 4) is 0 Å². The molecule has 1 atom stereocenters. The molecule has 1 amide bonds. The predicted octanol–water partition coefficient (Wildman–Crippen LogP) is 0.273. The van der Waals surface area contributed by atoms with Crippen molar-refractivity contribution in [2.24, 2.45) is 7.05 Å². The monoisotopic (exact) mass is 234 g/mol. The van der Waals surface area contributed by atoms with E-state index < -0.39 is 0 Å². The molecule has 2 fully saturated rings. The van der Waals surface area contributed by atoms with Crippen molar-refractivity contribution in [1.29, 1.82) is 0 Å². The molecule has 1 aliphatic carbocycles. The third kappa shape index (κ3) is 2.34. The van der Waals surface area contributed by atoms with E-state index in [0.717, 1.165) is 18.5 Å². The Labute approximate surface area is 101 Å². The molecule has 1 N–H and O–H groups in total. The van der Waals surface area contributed by atoms with E-state index in [1.54, 1.807) is 4.68 Å². The Bertz CT molecular complexity index is 424. The quantitative estimate of drug-likeness (QED) is 0.813. The van der Waals surface area contributed by atoms with Gasteiger partial charge in [0.05, 0.1) is 12.2 Å². The summed E-state index contributed by atoms with van der Waals surface area (Å²) < 4.78 is 1.77. The molecule has 1 aliphatic heterocycles. The molecule has 0 spiro atoms. The van der Waals surface area contributed by atoms with E-state index in [1.165, 1.54) is 12.8 Å². The normalized spacial score (nSPS) is 24.6. The lowest BCUT2D eigenvalue weighted by atomic mass is 10.2. The van der Waals surface area contributed by atoms with Gasteiger partial charge in [-0.15, -0.1) is 0 Å². The zero-order chi connectivity index (χ0) is 11.8. The fourth-order valence-corrected chi connectivity index (χ4v) is 2.36. The van der Waals surface area contributed by atoms with Gasteiger partial charge in [-0.1, -0.05) is 0 Å². The van der Waals surface area contributed by atoms with E-state index in [0.29, 0.717) is 12.6 Å². The maximum Gasteiger partial charge on any atom is 0.240 e. The summed E-state index contributed by atoms with van der Waals surface area (Å²) in [5.74, 6) is 0.251. The van der Waals surface area contributed by atoms with Gasteiger partial charge in [0.15, 0.2) is 0 Å². The van der Waals surface area contributed by atoms with Crippen LogP contribution in [-0.4, -0.2) is 39.2 Å². The van der Waals surface area contributed by atoms with E-state index in [-0.39, 0.29) is 11.9 Å². The Morgan fingerprint density at radius 1 is 1.47 bits per heavy atom. The van der Waals surface area contributed by atoms with Crippen molar-refractivity contribution in [3.05, 3.63) is 18.0 Å². The second-order valence-electron chi connectivity index (χ2n) is 5.06. The molecule has 0 aromatic carbocycles. The van der Waals surface area contributed by atoms with Gasteiger partial charge >= 0.3 is 0 Å². The summed E-state index contributed by atoms with van der Waals surface area (Å²) in [6, 6.07) is 0.654. The number of aromatic nitrogens is 2. The first-order chi connectivity index (χ1) is 8.22. The fourth-order valence-electron chi connectivity index (χ4n) is 2.36. The van der Waals surface area contributed by atoms with Gasteiger partial charge < -0.3 is 10.2 Å². The minimum atomic E-state index is 0.0548. The first-order valence-corrected chi connectivity index (χ1v) is 6.25. The Kier molecular flexibility index (Phi) is 2.63. The Morgan fingerprint density at radius 2 is 2.29 bits per heavy atom. The van der Waals surface area contributed by atoms with E-state index in [1.807, 2.05) is 24.3 Å². The maximum absolute atomic E-state index is 12.1. The summed E-state index contributed by atoms with van der Waals surface area (Å²) in [6.45, 7) is 1.55. The molecule has 0 bridgehead atoms. The Balaban J connectivity index is 1.59. The largest absolute Gasteiger partial charge is 0.337 e. The second kappa shape index (κ2) is 4.14. The molecule has 0 radical (unpaired) electrons. The van der Waals surface area contributed by atoms with Gasteiger partial charge in [-0.05, 0) is 19.3 Å². The molecule has 3 rings (SSSR count). The van der Waals surface area contributed by atoms with Crippen LogP contribution in [0.5, 0.6) is 0 Å². The predicted molar refractivity (Wildman–Crippen MR) is 63.2 cm³/mol. The zero-order valence-corrected chi connectivity index (χ0v) is 10.1. The SMILES string of the molecule is Cn1cc(CN2CCC(NC3CC3)C2=O)cn1. The van der Waals surface area contributed by atoms with Crippen molar-refractivity contribution in [2.45, 2.75) is 37.9 Å². The van der Waals surface area contributed by atoms with Crippen LogP contribution in [0, 0.1) is 0 Å². The van der Waals surface area contributed by atoms with Crippen LogP contribution in [0.3, 0.4) is 0 Å². The average molecular weight is 234 g/mol. The number of likely N-dealkylation sites (tertiary alicyclic amines) is 1. The number of carbonyl (C=O) groups excluding carboxylic acids is 1. The van der Waals surface area contributed by atoms with Gasteiger partial charge in [-0.25, -0.2) is 0 Å². The van der Waals surface area contributed by atoms with Crippen LogP contribution >= 0.6 is 0 Å². The number of nitrogens with one attached hydrogen (secondary N) is 1. The van der Waals surface area contributed by atoms with Gasteiger partial charge in [-0.3, -0.25) is 9.48 Å². The summed E-state index contributed by atoms with van der Waals surface area (Å²) in [4.78, 5) is 14.0. The number of carbonyl (C=O) groups is 1. The summed E-state index contributed by atoms with van der Waals surface area (Å²) in [6.07, 6.45) is 7.19. The molecular formula is C12H18N4O. The highest BCUT2D eigenvalue weighted by atomic mass is 16.2. The lowest BCUT2D eigenvalue weighted by Crippen LogP contribution is -2.39. The summed E-state index contributed by atoms with van der Waals surface area (Å²) in [7, 11) is 1.90. The van der Waals surface area contributed by atoms with Crippen LogP contribution in [0.1, 0.15) is 24.8 Å². The smallest absolute Gasteiger partial charge is 0.240 e. The average Bonchev–Trinajstić information content (AvgIpc) is 2.94. The third-order valence-electron chi connectivity index (χ3n) is 3.44. The maximum atomic E-state index is 12.1. The molecule has 1 saturated carbocycles. The second-order valence-corrected chi connectivity index (χ2v) is 5.06. The minimum Gasteiger partial charge on any atom is -0.337 e. The van der Waals surface area contributed by atoms with Crippen molar-refractivity contribution < 1.29 is 4.79 Å². The van der Waals surface area contributed by atoms with E-state index in [4.69, 9.17) is 0 Å². The van der Waals surface area contributed by atoms with Crippen LogP contribution in [0.4, 0.5) is 0 Å². The van der Waals surface area contributed by atoms with E-state index >= 15 is 0 Å². The van der Waals surface area contributed by atoms with Crippen LogP contribution in [0.25, 0.3) is 0 Å². The fraction of sp³-hybridized carbons (Fsp3) is 0.667. The third-order valence-corrected chi connectivity index (χ3v) is 3.44. The summed E-state index contributed by atoms with van der Waals surface area (Å²) >= 11 is 0. The highest BCUT2D eigenvalue weighted by Crippen LogP contribution is 2.23. The highest BCUT2D eigenvalue weighted by Gasteiger charge is 2.35. The zero-order valence-electron chi connectivity index (χ0n) is 10.1. The molecule has 17 heavy (non-hydrogen) atoms. The molecule has 1 unspecified atom stereocenters. The number of amides is 1. The molecule has 1 aromatic heterocycles. The number of hydrogen-bond acceptors (Lipinski definition) is 3. The molecule has 5 heteroatoms. The van der Waals surface area contributed by atoms with Gasteiger partial charge in [-0.2, -0.15) is 5.10 Å². The lowest BCUT2D eigenvalue weighted by Gasteiger charge is -2.16. The molecule has 92 valence electrons. The van der Waals surface area contributed by atoms with Gasteiger partial charge in [0.25, 0.3) is 0 Å². The van der Waals surface area contributed by atoms with Gasteiger partial charge in [0.1, 0.15) is 0 Å². The highest BCUT2D eigenvalue weighted by molar-refractivity contribution is 5.84. The Morgan fingerprint density at radius 3 is 2.94 bits per heavy atom. The van der Waals surface area contributed by atoms with Crippen molar-refractivity contribution in [1.82, 2.24) is 20.0 Å². The first-order valence-electron chi connectivity index (χ1n) is 6.25. The van der Waals surface area contributed by atoms with Crippen molar-refractivity contribution >= 4 is 5.91 Å². The molecule has 1 saturated heterocycles. The topological polar surface area (TPSA) is 50.2 Å². The number of hydrogen-bond donors (Lipinski definition) is 1. The van der Waals surface area contributed by atoms with Gasteiger partial charge in [0, 0.05) is 37.9 Å². The first kappa shape index (κ1) is 10.8. The van der Waals surface area contributed by atoms with E-state index in [2.05, 4.69) is 10.4 Å². The van der Waals surface area contributed by atoms with Crippen LogP contribution in [0.15, 0.2) is 12.4 Å². The summed E-state index contributed by atoms with van der Waals surface area (Å²) in [5, 5.41) is 7.54. The number of rotatable bonds is 4. The molecular weight excluding hydrogens is 216 g/mol. The number of aryl methyl sites for hydroxylation is 1. The molecule has 2 heterocycles. The number of nitrogens with zero attached hydrogens (tertiary/aromatic N) is 3. The van der Waals surface area contributed by atoms with Crippen molar-refractivity contribution in [3.63, 3.8) is 0 Å². The van der Waals surface area contributed by atoms with Crippen LogP contribution < -0.4 is 5.32 Å². The standard InChI is InChI=1S/C12H18N4O/c1-15-7-9(6-13-15)8-16-5-4-11(12(16)17)14-10-2-3-10/h6-7,10-11,14H,2-5,8H2,1H3. The molecule has 5 nitrogen and oxygen atoms in total. The molecule has 2 aliphatic rings. The Hall–Kier alpha value is -1.36. The minimum absolute atomic E-state index is 0.0548. The van der Waals surface area contributed by atoms with Crippen LogP contribution in [-0.2, 0) is 18.4 Å². The van der Waals surface area contributed by atoms with Crippen LogP contribution in [0.2, 0.25) is 0 Å². The lowest BCUT2D eigenvalue weighted by molar-refractivity contribution is -0.129. The van der Waals surface area contributed by atoms with Crippen molar-refractivity contribution in [2.75, 3.05) is 6.54 Å². The summed E-state index contributed by atoms with van der Waals surface area (Å²) in [5.41, 5.74) is 1.10. The van der Waals surface area contributed by atoms with Gasteiger partial charge in [0.2, 0.25) is 5.91 Å². The van der Waals surface area contributed by atoms with E-state index in [9.17, 15) is 4.79 Å². The molecule has 1 aromatic rings.